The molecule has 0 N–H and O–H groups in total. The maximum Gasteiger partial charge on any atom is 0.257 e. The number of carbonyl (C=O) groups excluding carboxylic acids is 1. The van der Waals surface area contributed by atoms with Gasteiger partial charge in [0.05, 0.1) is 16.8 Å². The Morgan fingerprint density at radius 1 is 1.32 bits per heavy atom. The van der Waals surface area contributed by atoms with Crippen molar-refractivity contribution in [1.82, 2.24) is 9.88 Å². The summed E-state index contributed by atoms with van der Waals surface area (Å²) in [6.07, 6.45) is 2.96. The molecule has 0 spiro atoms. The number of hydrogen-bond acceptors (Lipinski definition) is 3. The Labute approximate surface area is 133 Å². The van der Waals surface area contributed by atoms with Crippen LogP contribution in [0.25, 0.3) is 0 Å². The lowest BCUT2D eigenvalue weighted by atomic mass is 10.1. The molecule has 1 heterocycles. The topological polar surface area (TPSA) is 42.4 Å². The fraction of sp³-hybridized carbons (Fsp3) is 0.250. The molecule has 1 aromatic carbocycles. The van der Waals surface area contributed by atoms with Gasteiger partial charge in [-0.25, -0.2) is 4.39 Å². The first kappa shape index (κ1) is 16.2. The lowest BCUT2D eigenvalue weighted by molar-refractivity contribution is 0.0752. The quantitative estimate of drug-likeness (QED) is 0.849. The molecule has 22 heavy (non-hydrogen) atoms. The molecule has 0 aliphatic rings. The molecule has 0 radical (unpaired) electrons. The molecule has 4 nitrogen and oxygen atoms in total. The van der Waals surface area contributed by atoms with Gasteiger partial charge in [-0.15, -0.1) is 0 Å². The van der Waals surface area contributed by atoms with E-state index < -0.39 is 5.82 Å². The van der Waals surface area contributed by atoms with E-state index in [9.17, 15) is 9.18 Å². The van der Waals surface area contributed by atoms with Crippen LogP contribution < -0.4 is 4.74 Å². The lowest BCUT2D eigenvalue weighted by Gasteiger charge is -2.22. The summed E-state index contributed by atoms with van der Waals surface area (Å²) in [5.41, 5.74) is 0.135. The van der Waals surface area contributed by atoms with Crippen LogP contribution in [0, 0.1) is 5.82 Å². The third kappa shape index (κ3) is 3.54. The van der Waals surface area contributed by atoms with Crippen LogP contribution in [-0.2, 0) is 0 Å². The van der Waals surface area contributed by atoms with Gasteiger partial charge in [0.15, 0.2) is 5.75 Å². The van der Waals surface area contributed by atoms with E-state index >= 15 is 0 Å². The summed E-state index contributed by atoms with van der Waals surface area (Å²) in [5, 5.41) is 0.356. The number of carbonyl (C=O) groups is 1. The minimum absolute atomic E-state index is 0.0226. The number of hydrogen-bond donors (Lipinski definition) is 0. The fourth-order valence-corrected chi connectivity index (χ4v) is 1.88. The van der Waals surface area contributed by atoms with Crippen molar-refractivity contribution in [3.05, 3.63) is 53.1 Å². The SMILES string of the molecule is CC(C)N(C)C(=O)c1cc(F)ccc1Oc1cnccc1Cl. The largest absolute Gasteiger partial charge is 0.453 e. The summed E-state index contributed by atoms with van der Waals surface area (Å²) in [6, 6.07) is 5.33. The number of benzene rings is 1. The lowest BCUT2D eigenvalue weighted by Crippen LogP contribution is -2.33. The Bertz CT molecular complexity index is 692. The Balaban J connectivity index is 2.40. The molecule has 0 aliphatic heterocycles. The molecular weight excluding hydrogens is 307 g/mol. The molecule has 2 rings (SSSR count). The van der Waals surface area contributed by atoms with Gasteiger partial charge in [-0.2, -0.15) is 0 Å². The molecule has 0 atom stereocenters. The third-order valence-corrected chi connectivity index (χ3v) is 3.53. The van der Waals surface area contributed by atoms with Crippen molar-refractivity contribution in [3.8, 4) is 11.5 Å². The Morgan fingerprint density at radius 2 is 2.05 bits per heavy atom. The van der Waals surface area contributed by atoms with Gasteiger partial charge in [-0.05, 0) is 38.1 Å². The van der Waals surface area contributed by atoms with Crippen LogP contribution in [-0.4, -0.2) is 28.9 Å². The minimum Gasteiger partial charge on any atom is -0.453 e. The zero-order valence-corrected chi connectivity index (χ0v) is 13.3. The molecule has 0 saturated carbocycles. The first-order valence-electron chi connectivity index (χ1n) is 6.74. The predicted molar refractivity (Wildman–Crippen MR) is 83.0 cm³/mol. The summed E-state index contributed by atoms with van der Waals surface area (Å²) >= 11 is 6.02. The molecule has 0 saturated heterocycles. The third-order valence-electron chi connectivity index (χ3n) is 3.22. The van der Waals surface area contributed by atoms with Crippen molar-refractivity contribution < 1.29 is 13.9 Å². The van der Waals surface area contributed by atoms with Crippen molar-refractivity contribution in [2.75, 3.05) is 7.05 Å². The molecule has 1 amide bonds. The second-order valence-electron chi connectivity index (χ2n) is 5.06. The van der Waals surface area contributed by atoms with Crippen LogP contribution in [0.15, 0.2) is 36.7 Å². The molecule has 0 fully saturated rings. The van der Waals surface area contributed by atoms with E-state index in [1.54, 1.807) is 13.1 Å². The average Bonchev–Trinajstić information content (AvgIpc) is 2.49. The number of amides is 1. The van der Waals surface area contributed by atoms with E-state index in [-0.39, 0.29) is 23.3 Å². The number of halogens is 2. The molecule has 116 valence electrons. The zero-order valence-electron chi connectivity index (χ0n) is 12.5. The maximum atomic E-state index is 13.5. The second-order valence-corrected chi connectivity index (χ2v) is 5.47. The summed E-state index contributed by atoms with van der Waals surface area (Å²) in [5.74, 6) is -0.305. The monoisotopic (exact) mass is 322 g/mol. The van der Waals surface area contributed by atoms with Gasteiger partial charge in [-0.3, -0.25) is 9.78 Å². The van der Waals surface area contributed by atoms with Crippen LogP contribution in [0.1, 0.15) is 24.2 Å². The molecule has 6 heteroatoms. The average molecular weight is 323 g/mol. The Kier molecular flexibility index (Phi) is 4.98. The molecule has 0 bridgehead atoms. The van der Waals surface area contributed by atoms with Crippen LogP contribution >= 0.6 is 11.6 Å². The highest BCUT2D eigenvalue weighted by atomic mass is 35.5. The van der Waals surface area contributed by atoms with Crippen LogP contribution in [0.5, 0.6) is 11.5 Å². The van der Waals surface area contributed by atoms with Crippen molar-refractivity contribution >= 4 is 17.5 Å². The van der Waals surface area contributed by atoms with E-state index in [2.05, 4.69) is 4.98 Å². The Hall–Kier alpha value is -2.14. The van der Waals surface area contributed by atoms with E-state index in [4.69, 9.17) is 16.3 Å². The summed E-state index contributed by atoms with van der Waals surface area (Å²) in [7, 11) is 1.65. The van der Waals surface area contributed by atoms with Crippen molar-refractivity contribution in [3.63, 3.8) is 0 Å². The van der Waals surface area contributed by atoms with Gasteiger partial charge in [-0.1, -0.05) is 11.6 Å². The van der Waals surface area contributed by atoms with Gasteiger partial charge < -0.3 is 9.64 Å². The summed E-state index contributed by atoms with van der Waals surface area (Å²) < 4.78 is 19.2. The molecule has 2 aromatic rings. The summed E-state index contributed by atoms with van der Waals surface area (Å²) in [4.78, 5) is 17.9. The highest BCUT2D eigenvalue weighted by Crippen LogP contribution is 2.31. The molecule has 0 aliphatic carbocycles. The number of rotatable bonds is 4. The normalized spacial score (nSPS) is 10.6. The van der Waals surface area contributed by atoms with Crippen molar-refractivity contribution in [1.29, 1.82) is 0 Å². The Morgan fingerprint density at radius 3 is 2.68 bits per heavy atom. The van der Waals surface area contributed by atoms with Crippen molar-refractivity contribution in [2.24, 2.45) is 0 Å². The molecular formula is C16H16ClFN2O2. The molecule has 0 unspecified atom stereocenters. The number of aromatic nitrogens is 1. The smallest absolute Gasteiger partial charge is 0.257 e. The zero-order chi connectivity index (χ0) is 16.3. The standard InChI is InChI=1S/C16H16ClFN2O2/c1-10(2)20(3)16(21)12-8-11(18)4-5-14(12)22-15-9-19-7-6-13(15)17/h4-10H,1-3H3. The van der Waals surface area contributed by atoms with Gasteiger partial charge >= 0.3 is 0 Å². The van der Waals surface area contributed by atoms with Gasteiger partial charge in [0.1, 0.15) is 11.6 Å². The predicted octanol–water partition coefficient (Wildman–Crippen LogP) is 4.15. The van der Waals surface area contributed by atoms with Crippen LogP contribution in [0.3, 0.4) is 0 Å². The highest BCUT2D eigenvalue weighted by molar-refractivity contribution is 6.32. The maximum absolute atomic E-state index is 13.5. The van der Waals surface area contributed by atoms with E-state index in [1.165, 1.54) is 29.4 Å². The van der Waals surface area contributed by atoms with Gasteiger partial charge in [0.2, 0.25) is 0 Å². The van der Waals surface area contributed by atoms with Crippen molar-refractivity contribution in [2.45, 2.75) is 19.9 Å². The van der Waals surface area contributed by atoms with E-state index in [1.807, 2.05) is 13.8 Å². The van der Waals surface area contributed by atoms with Crippen LogP contribution in [0.4, 0.5) is 4.39 Å². The van der Waals surface area contributed by atoms with E-state index in [0.717, 1.165) is 6.07 Å². The molecule has 1 aromatic heterocycles. The van der Waals surface area contributed by atoms with Gasteiger partial charge in [0, 0.05) is 19.3 Å². The number of nitrogens with zero attached hydrogens (tertiary/aromatic N) is 2. The summed E-state index contributed by atoms with van der Waals surface area (Å²) in [6.45, 7) is 3.74. The number of ether oxygens (including phenoxy) is 1. The minimum atomic E-state index is -0.509. The van der Waals surface area contributed by atoms with Crippen LogP contribution in [0.2, 0.25) is 5.02 Å². The first-order chi connectivity index (χ1) is 10.4. The second kappa shape index (κ2) is 6.75. The fourth-order valence-electron chi connectivity index (χ4n) is 1.74. The number of pyridine rings is 1. The first-order valence-corrected chi connectivity index (χ1v) is 7.12. The highest BCUT2D eigenvalue weighted by Gasteiger charge is 2.20. The van der Waals surface area contributed by atoms with E-state index in [0.29, 0.717) is 10.8 Å². The van der Waals surface area contributed by atoms with Gasteiger partial charge in [0.25, 0.3) is 5.91 Å².